The van der Waals surface area contributed by atoms with Crippen LogP contribution in [0, 0.1) is 6.92 Å². The maximum atomic E-state index is 11.2. The number of fused-ring (bicyclic) bond motifs is 1. The van der Waals surface area contributed by atoms with E-state index in [0.29, 0.717) is 23.0 Å². The van der Waals surface area contributed by atoms with Crippen molar-refractivity contribution in [3.8, 4) is 5.75 Å². The summed E-state index contributed by atoms with van der Waals surface area (Å²) in [6.07, 6.45) is 1.65. The van der Waals surface area contributed by atoms with Gasteiger partial charge in [0.05, 0.1) is 29.2 Å². The number of carbonyl (C=O) groups excluding carboxylic acids is 1. The molecule has 0 radical (unpaired) electrons. The van der Waals surface area contributed by atoms with E-state index in [1.807, 2.05) is 13.0 Å². The Morgan fingerprint density at radius 3 is 3.05 bits per heavy atom. The van der Waals surface area contributed by atoms with E-state index < -0.39 is 0 Å². The maximum Gasteiger partial charge on any atom is 0.262 e. The number of halogens is 1. The second-order valence-electron chi connectivity index (χ2n) is 4.55. The molecule has 1 amide bonds. The fraction of sp³-hybridized carbons (Fsp3) is 0.214. The first-order valence-corrected chi connectivity index (χ1v) is 6.54. The highest BCUT2D eigenvalue weighted by Crippen LogP contribution is 2.36. The van der Waals surface area contributed by atoms with Crippen LogP contribution >= 0.6 is 11.6 Å². The van der Waals surface area contributed by atoms with Crippen molar-refractivity contribution in [1.29, 1.82) is 0 Å². The van der Waals surface area contributed by atoms with Crippen molar-refractivity contribution in [2.75, 3.05) is 17.2 Å². The fourth-order valence-electron chi connectivity index (χ4n) is 2.00. The zero-order valence-corrected chi connectivity index (χ0v) is 11.6. The summed E-state index contributed by atoms with van der Waals surface area (Å²) in [5.74, 6) is 1.28. The molecule has 2 aromatic rings. The Bertz CT molecular complexity index is 666. The lowest BCUT2D eigenvalue weighted by Gasteiger charge is -2.19. The second-order valence-corrected chi connectivity index (χ2v) is 4.95. The largest absolute Gasteiger partial charge is 0.482 e. The third-order valence-electron chi connectivity index (χ3n) is 3.11. The summed E-state index contributed by atoms with van der Waals surface area (Å²) < 4.78 is 10.7. The van der Waals surface area contributed by atoms with Gasteiger partial charge < -0.3 is 19.8 Å². The van der Waals surface area contributed by atoms with Gasteiger partial charge in [0.2, 0.25) is 0 Å². The summed E-state index contributed by atoms with van der Waals surface area (Å²) in [7, 11) is 0. The monoisotopic (exact) mass is 292 g/mol. The number of ether oxygens (including phenoxy) is 1. The van der Waals surface area contributed by atoms with Crippen LogP contribution in [-0.2, 0) is 11.3 Å². The van der Waals surface area contributed by atoms with Crippen LogP contribution in [0.3, 0.4) is 0 Å². The molecule has 0 fully saturated rings. The molecule has 1 aromatic heterocycles. The van der Waals surface area contributed by atoms with Crippen LogP contribution in [-0.4, -0.2) is 12.5 Å². The van der Waals surface area contributed by atoms with E-state index in [9.17, 15) is 4.79 Å². The summed E-state index contributed by atoms with van der Waals surface area (Å²) in [5, 5.41) is 6.42. The highest BCUT2D eigenvalue weighted by atomic mass is 35.5. The van der Waals surface area contributed by atoms with E-state index >= 15 is 0 Å². The minimum Gasteiger partial charge on any atom is -0.482 e. The van der Waals surface area contributed by atoms with Gasteiger partial charge >= 0.3 is 0 Å². The van der Waals surface area contributed by atoms with Gasteiger partial charge in [-0.3, -0.25) is 4.79 Å². The first kappa shape index (κ1) is 12.9. The Kier molecular flexibility index (Phi) is 3.28. The lowest BCUT2D eigenvalue weighted by Crippen LogP contribution is -2.25. The molecule has 1 aliphatic heterocycles. The van der Waals surface area contributed by atoms with Crippen LogP contribution in [0.25, 0.3) is 0 Å². The van der Waals surface area contributed by atoms with Crippen LogP contribution in [0.15, 0.2) is 28.9 Å². The van der Waals surface area contributed by atoms with Crippen LogP contribution in [0.4, 0.5) is 11.4 Å². The Labute approximate surface area is 120 Å². The lowest BCUT2D eigenvalue weighted by atomic mass is 10.2. The second kappa shape index (κ2) is 5.09. The number of anilines is 2. The molecule has 104 valence electrons. The molecule has 2 heterocycles. The summed E-state index contributed by atoms with van der Waals surface area (Å²) >= 11 is 6.19. The fourth-order valence-corrected chi connectivity index (χ4v) is 2.23. The van der Waals surface area contributed by atoms with Crippen molar-refractivity contribution >= 4 is 28.9 Å². The SMILES string of the molecule is Cc1ccoc1CNc1cc2c(cc1Cl)NC(=O)CO2. The van der Waals surface area contributed by atoms with E-state index in [1.54, 1.807) is 18.4 Å². The van der Waals surface area contributed by atoms with Gasteiger partial charge in [-0.25, -0.2) is 0 Å². The average molecular weight is 293 g/mol. The maximum absolute atomic E-state index is 11.2. The lowest BCUT2D eigenvalue weighted by molar-refractivity contribution is -0.118. The van der Waals surface area contributed by atoms with Gasteiger partial charge in [0, 0.05) is 6.07 Å². The molecular formula is C14H13ClN2O3. The summed E-state index contributed by atoms with van der Waals surface area (Å²) in [5.41, 5.74) is 2.40. The number of carbonyl (C=O) groups is 1. The van der Waals surface area contributed by atoms with Crippen LogP contribution in [0.2, 0.25) is 5.02 Å². The number of hydrogen-bond donors (Lipinski definition) is 2. The minimum atomic E-state index is -0.180. The quantitative estimate of drug-likeness (QED) is 0.912. The molecule has 0 aliphatic carbocycles. The molecule has 3 rings (SSSR count). The molecule has 0 bridgehead atoms. The summed E-state index contributed by atoms with van der Waals surface area (Å²) in [4.78, 5) is 11.2. The molecule has 0 atom stereocenters. The predicted octanol–water partition coefficient (Wildman–Crippen LogP) is 3.18. The van der Waals surface area contributed by atoms with Crippen molar-refractivity contribution < 1.29 is 13.9 Å². The van der Waals surface area contributed by atoms with Gasteiger partial charge in [0.1, 0.15) is 11.5 Å². The first-order valence-electron chi connectivity index (χ1n) is 6.16. The molecule has 0 spiro atoms. The third-order valence-corrected chi connectivity index (χ3v) is 3.42. The topological polar surface area (TPSA) is 63.5 Å². The number of aryl methyl sites for hydroxylation is 1. The van der Waals surface area contributed by atoms with E-state index in [-0.39, 0.29) is 12.5 Å². The van der Waals surface area contributed by atoms with Gasteiger partial charge in [-0.1, -0.05) is 11.6 Å². The normalized spacial score (nSPS) is 13.4. The summed E-state index contributed by atoms with van der Waals surface area (Å²) in [6.45, 7) is 2.53. The average Bonchev–Trinajstić information content (AvgIpc) is 2.82. The number of amides is 1. The number of hydrogen-bond acceptors (Lipinski definition) is 4. The van der Waals surface area contributed by atoms with Crippen LogP contribution in [0.5, 0.6) is 5.75 Å². The van der Waals surface area contributed by atoms with Crippen molar-refractivity contribution in [3.05, 3.63) is 40.8 Å². The highest BCUT2D eigenvalue weighted by Gasteiger charge is 2.18. The first-order chi connectivity index (χ1) is 9.63. The molecule has 1 aliphatic rings. The van der Waals surface area contributed by atoms with Gasteiger partial charge in [-0.2, -0.15) is 0 Å². The molecule has 5 nitrogen and oxygen atoms in total. The van der Waals surface area contributed by atoms with Crippen molar-refractivity contribution in [1.82, 2.24) is 0 Å². The zero-order valence-electron chi connectivity index (χ0n) is 10.8. The van der Waals surface area contributed by atoms with Crippen molar-refractivity contribution in [2.45, 2.75) is 13.5 Å². The van der Waals surface area contributed by atoms with E-state index in [0.717, 1.165) is 17.0 Å². The van der Waals surface area contributed by atoms with E-state index in [2.05, 4.69) is 10.6 Å². The molecule has 0 unspecified atom stereocenters. The van der Waals surface area contributed by atoms with E-state index in [1.165, 1.54) is 0 Å². The van der Waals surface area contributed by atoms with Crippen molar-refractivity contribution in [2.24, 2.45) is 0 Å². The van der Waals surface area contributed by atoms with Crippen molar-refractivity contribution in [3.63, 3.8) is 0 Å². The van der Waals surface area contributed by atoms with Crippen LogP contribution in [0.1, 0.15) is 11.3 Å². The van der Waals surface area contributed by atoms with Gasteiger partial charge in [0.25, 0.3) is 5.91 Å². The van der Waals surface area contributed by atoms with Gasteiger partial charge in [-0.15, -0.1) is 0 Å². The molecular weight excluding hydrogens is 280 g/mol. The number of furan rings is 1. The van der Waals surface area contributed by atoms with Crippen LogP contribution < -0.4 is 15.4 Å². The molecule has 20 heavy (non-hydrogen) atoms. The highest BCUT2D eigenvalue weighted by molar-refractivity contribution is 6.33. The molecule has 2 N–H and O–H groups in total. The van der Waals surface area contributed by atoms with E-state index in [4.69, 9.17) is 20.8 Å². The number of benzene rings is 1. The van der Waals surface area contributed by atoms with Gasteiger partial charge in [0.15, 0.2) is 6.61 Å². The smallest absolute Gasteiger partial charge is 0.262 e. The molecule has 6 heteroatoms. The Morgan fingerprint density at radius 2 is 2.30 bits per heavy atom. The molecule has 0 saturated heterocycles. The number of nitrogens with one attached hydrogen (secondary N) is 2. The Morgan fingerprint density at radius 1 is 1.45 bits per heavy atom. The summed E-state index contributed by atoms with van der Waals surface area (Å²) in [6, 6.07) is 5.35. The predicted molar refractivity (Wildman–Crippen MR) is 76.3 cm³/mol. The zero-order chi connectivity index (χ0) is 14.1. The number of rotatable bonds is 3. The Hall–Kier alpha value is -2.14. The molecule has 0 saturated carbocycles. The van der Waals surface area contributed by atoms with Gasteiger partial charge in [-0.05, 0) is 24.6 Å². The Balaban J connectivity index is 1.80. The minimum absolute atomic E-state index is 0.0192. The standard InChI is InChI=1S/C14H13ClN2O3/c1-8-2-3-19-13(8)6-16-10-5-12-11(4-9(10)15)17-14(18)7-20-12/h2-5,16H,6-7H2,1H3,(H,17,18). The third kappa shape index (κ3) is 2.44. The molecule has 1 aromatic carbocycles.